The van der Waals surface area contributed by atoms with Crippen LogP contribution < -0.4 is 10.6 Å². The minimum Gasteiger partial charge on any atom is -0.376 e. The van der Waals surface area contributed by atoms with E-state index in [4.69, 9.17) is 4.74 Å². The molecular weight excluding hydrogens is 285 g/mol. The van der Waals surface area contributed by atoms with Crippen molar-refractivity contribution in [3.8, 4) is 0 Å². The molecule has 1 saturated heterocycles. The summed E-state index contributed by atoms with van der Waals surface area (Å²) in [5, 5.41) is 5.82. The summed E-state index contributed by atoms with van der Waals surface area (Å²) in [7, 11) is 0. The molecule has 8 heteroatoms. The highest BCUT2D eigenvalue weighted by Gasteiger charge is 2.34. The Morgan fingerprint density at radius 3 is 2.67 bits per heavy atom. The van der Waals surface area contributed by atoms with Crippen LogP contribution in [-0.4, -0.2) is 35.3 Å². The quantitative estimate of drug-likeness (QED) is 0.875. The molecule has 21 heavy (non-hydrogen) atoms. The Labute approximate surface area is 120 Å². The summed E-state index contributed by atoms with van der Waals surface area (Å²) in [5.74, 6) is 0.207. The summed E-state index contributed by atoms with van der Waals surface area (Å²) in [6.45, 7) is 1.16. The fourth-order valence-corrected chi connectivity index (χ4v) is 2.18. The topological polar surface area (TPSA) is 59.1 Å². The van der Waals surface area contributed by atoms with Crippen molar-refractivity contribution in [2.45, 2.75) is 44.0 Å². The molecule has 2 heterocycles. The van der Waals surface area contributed by atoms with Crippen LogP contribution in [0.2, 0.25) is 0 Å². The van der Waals surface area contributed by atoms with Gasteiger partial charge in [-0.25, -0.2) is 4.98 Å². The zero-order chi connectivity index (χ0) is 14.9. The third kappa shape index (κ3) is 3.96. The standard InChI is InChI=1S/C13H17F3N4O/c14-13(15,16)10-6-11(17-7-9-2-1-5-21-9)20-12(19-10)18-8-3-4-8/h6,8-9H,1-5,7H2,(H2,17,18,19,20)/t9-/m0/s1. The van der Waals surface area contributed by atoms with Crippen molar-refractivity contribution in [3.63, 3.8) is 0 Å². The van der Waals surface area contributed by atoms with E-state index in [0.717, 1.165) is 31.7 Å². The van der Waals surface area contributed by atoms with Gasteiger partial charge in [-0.05, 0) is 25.7 Å². The van der Waals surface area contributed by atoms with E-state index in [0.29, 0.717) is 13.2 Å². The molecule has 1 saturated carbocycles. The fraction of sp³-hybridized carbons (Fsp3) is 0.692. The summed E-state index contributed by atoms with van der Waals surface area (Å²) in [4.78, 5) is 7.65. The van der Waals surface area contributed by atoms with Gasteiger partial charge in [0.1, 0.15) is 5.82 Å². The molecule has 1 aromatic heterocycles. The van der Waals surface area contributed by atoms with Gasteiger partial charge < -0.3 is 15.4 Å². The number of halogens is 3. The maximum absolute atomic E-state index is 12.9. The summed E-state index contributed by atoms with van der Waals surface area (Å²) in [6.07, 6.45) is -0.663. The molecule has 0 radical (unpaired) electrons. The molecule has 1 aromatic rings. The number of hydrogen-bond donors (Lipinski definition) is 2. The lowest BCUT2D eigenvalue weighted by atomic mass is 10.2. The third-order valence-corrected chi connectivity index (χ3v) is 3.46. The van der Waals surface area contributed by atoms with E-state index < -0.39 is 11.9 Å². The van der Waals surface area contributed by atoms with Crippen LogP contribution in [0.5, 0.6) is 0 Å². The smallest absolute Gasteiger partial charge is 0.376 e. The second-order valence-corrected chi connectivity index (χ2v) is 5.39. The molecule has 2 aliphatic rings. The molecule has 0 aromatic carbocycles. The van der Waals surface area contributed by atoms with E-state index in [-0.39, 0.29) is 23.9 Å². The summed E-state index contributed by atoms with van der Waals surface area (Å²) in [6, 6.07) is 1.13. The van der Waals surface area contributed by atoms with Crippen LogP contribution in [0.4, 0.5) is 24.9 Å². The summed E-state index contributed by atoms with van der Waals surface area (Å²) >= 11 is 0. The summed E-state index contributed by atoms with van der Waals surface area (Å²) < 4.78 is 44.0. The van der Waals surface area contributed by atoms with E-state index in [1.807, 2.05) is 0 Å². The Balaban J connectivity index is 1.73. The molecule has 1 aliphatic heterocycles. The van der Waals surface area contributed by atoms with Crippen LogP contribution >= 0.6 is 0 Å². The Hall–Kier alpha value is -1.57. The minimum absolute atomic E-state index is 0.0298. The van der Waals surface area contributed by atoms with Crippen LogP contribution in [0.3, 0.4) is 0 Å². The van der Waals surface area contributed by atoms with Crippen molar-refractivity contribution < 1.29 is 17.9 Å². The average molecular weight is 302 g/mol. The van der Waals surface area contributed by atoms with E-state index in [9.17, 15) is 13.2 Å². The first kappa shape index (κ1) is 14.4. The first-order valence-corrected chi connectivity index (χ1v) is 7.09. The molecule has 0 bridgehead atoms. The van der Waals surface area contributed by atoms with Crippen molar-refractivity contribution in [2.75, 3.05) is 23.8 Å². The first-order chi connectivity index (χ1) is 10.0. The average Bonchev–Trinajstić information content (AvgIpc) is 3.07. The minimum atomic E-state index is -4.48. The maximum Gasteiger partial charge on any atom is 0.433 e. The molecule has 116 valence electrons. The molecule has 3 rings (SSSR count). The zero-order valence-corrected chi connectivity index (χ0v) is 11.4. The largest absolute Gasteiger partial charge is 0.433 e. The highest BCUT2D eigenvalue weighted by Crippen LogP contribution is 2.31. The van der Waals surface area contributed by atoms with Gasteiger partial charge in [-0.15, -0.1) is 0 Å². The molecule has 0 spiro atoms. The lowest BCUT2D eigenvalue weighted by Gasteiger charge is -2.14. The summed E-state index contributed by atoms with van der Waals surface area (Å²) in [5.41, 5.74) is -0.935. The monoisotopic (exact) mass is 302 g/mol. The van der Waals surface area contributed by atoms with Gasteiger partial charge in [0, 0.05) is 25.3 Å². The second kappa shape index (κ2) is 5.67. The maximum atomic E-state index is 12.9. The third-order valence-electron chi connectivity index (χ3n) is 3.46. The van der Waals surface area contributed by atoms with Gasteiger partial charge in [-0.3, -0.25) is 0 Å². The highest BCUT2D eigenvalue weighted by molar-refractivity contribution is 5.44. The molecule has 2 fully saturated rings. The number of anilines is 2. The molecule has 0 amide bonds. The van der Waals surface area contributed by atoms with Crippen LogP contribution in [0, 0.1) is 0 Å². The van der Waals surface area contributed by atoms with E-state index in [1.54, 1.807) is 0 Å². The van der Waals surface area contributed by atoms with Crippen LogP contribution in [0.25, 0.3) is 0 Å². The highest BCUT2D eigenvalue weighted by atomic mass is 19.4. The van der Waals surface area contributed by atoms with Gasteiger partial charge in [-0.1, -0.05) is 0 Å². The fourth-order valence-electron chi connectivity index (χ4n) is 2.18. The van der Waals surface area contributed by atoms with Crippen molar-refractivity contribution in [1.29, 1.82) is 0 Å². The number of ether oxygens (including phenoxy) is 1. The van der Waals surface area contributed by atoms with Gasteiger partial charge in [0.2, 0.25) is 5.95 Å². The molecule has 2 N–H and O–H groups in total. The molecule has 1 atom stereocenters. The predicted molar refractivity (Wildman–Crippen MR) is 71.1 cm³/mol. The van der Waals surface area contributed by atoms with E-state index >= 15 is 0 Å². The number of nitrogens with one attached hydrogen (secondary N) is 2. The molecular formula is C13H17F3N4O. The van der Waals surface area contributed by atoms with Gasteiger partial charge in [0.25, 0.3) is 0 Å². The van der Waals surface area contributed by atoms with Gasteiger partial charge in [0.15, 0.2) is 5.69 Å². The van der Waals surface area contributed by atoms with Crippen LogP contribution in [-0.2, 0) is 10.9 Å². The van der Waals surface area contributed by atoms with Crippen molar-refractivity contribution in [1.82, 2.24) is 9.97 Å². The number of nitrogens with zero attached hydrogens (tertiary/aromatic N) is 2. The Morgan fingerprint density at radius 2 is 2.05 bits per heavy atom. The van der Waals surface area contributed by atoms with E-state index in [1.165, 1.54) is 0 Å². The molecule has 5 nitrogen and oxygen atoms in total. The number of rotatable bonds is 5. The number of hydrogen-bond acceptors (Lipinski definition) is 5. The first-order valence-electron chi connectivity index (χ1n) is 7.09. The predicted octanol–water partition coefficient (Wildman–Crippen LogP) is 2.66. The Bertz CT molecular complexity index is 499. The Morgan fingerprint density at radius 1 is 1.24 bits per heavy atom. The number of alkyl halides is 3. The molecule has 1 aliphatic carbocycles. The van der Waals surface area contributed by atoms with Crippen molar-refractivity contribution in [3.05, 3.63) is 11.8 Å². The van der Waals surface area contributed by atoms with Gasteiger partial charge in [0.05, 0.1) is 6.10 Å². The van der Waals surface area contributed by atoms with Crippen LogP contribution in [0.15, 0.2) is 6.07 Å². The lowest BCUT2D eigenvalue weighted by molar-refractivity contribution is -0.141. The normalized spacial score (nSPS) is 22.3. The Kier molecular flexibility index (Phi) is 3.88. The van der Waals surface area contributed by atoms with Crippen molar-refractivity contribution in [2.24, 2.45) is 0 Å². The number of aromatic nitrogens is 2. The lowest BCUT2D eigenvalue weighted by Crippen LogP contribution is -2.20. The zero-order valence-electron chi connectivity index (χ0n) is 11.4. The van der Waals surface area contributed by atoms with E-state index in [2.05, 4.69) is 20.6 Å². The van der Waals surface area contributed by atoms with Crippen LogP contribution in [0.1, 0.15) is 31.4 Å². The van der Waals surface area contributed by atoms with Gasteiger partial charge >= 0.3 is 6.18 Å². The van der Waals surface area contributed by atoms with Gasteiger partial charge in [-0.2, -0.15) is 18.2 Å². The second-order valence-electron chi connectivity index (χ2n) is 5.39. The van der Waals surface area contributed by atoms with Crippen molar-refractivity contribution >= 4 is 11.8 Å². The SMILES string of the molecule is FC(F)(F)c1cc(NC[C@@H]2CCCO2)nc(NC2CC2)n1. The molecule has 0 unspecified atom stereocenters.